The first kappa shape index (κ1) is 6.69. The van der Waals surface area contributed by atoms with E-state index in [1.54, 1.807) is 6.20 Å². The summed E-state index contributed by atoms with van der Waals surface area (Å²) in [5.41, 5.74) is 2.56. The van der Waals surface area contributed by atoms with Crippen LogP contribution in [0.3, 0.4) is 0 Å². The molecule has 0 atom stereocenters. The number of nitrogens with zero attached hydrogens (tertiary/aromatic N) is 2. The Morgan fingerprint density at radius 3 is 2.40 bits per heavy atom. The van der Waals surface area contributed by atoms with E-state index in [1.807, 2.05) is 19.9 Å². The number of aryl methyl sites for hydroxylation is 1. The maximum Gasteiger partial charge on any atom is 0.142 e. The summed E-state index contributed by atoms with van der Waals surface area (Å²) in [5, 5.41) is 8.56. The second-order valence-corrected chi connectivity index (χ2v) is 2.30. The van der Waals surface area contributed by atoms with Crippen LogP contribution in [0.1, 0.15) is 16.8 Å². The number of aromatic nitrogens is 1. The molecule has 3 heteroatoms. The van der Waals surface area contributed by atoms with Crippen molar-refractivity contribution in [3.63, 3.8) is 0 Å². The second kappa shape index (κ2) is 2.07. The number of nitrogen functional groups attached to an aromatic ring is 1. The molecule has 3 nitrogen and oxygen atoms in total. The van der Waals surface area contributed by atoms with Crippen LogP contribution < -0.4 is 5.84 Å². The normalized spacial score (nSPS) is 9.30. The highest BCUT2D eigenvalue weighted by atomic mass is 15.3. The average molecular weight is 135 g/mol. The molecule has 0 aliphatic rings. The molecule has 0 aliphatic heterocycles. The van der Waals surface area contributed by atoms with Crippen LogP contribution in [0.15, 0.2) is 6.20 Å². The lowest BCUT2D eigenvalue weighted by Gasteiger charge is -1.91. The van der Waals surface area contributed by atoms with Gasteiger partial charge in [-0.05, 0) is 25.0 Å². The highest BCUT2D eigenvalue weighted by Gasteiger charge is 2.04. The molecule has 1 aromatic rings. The fourth-order valence-corrected chi connectivity index (χ4v) is 0.892. The highest BCUT2D eigenvalue weighted by molar-refractivity contribution is 5.37. The molecular weight excluding hydrogens is 126 g/mol. The summed E-state index contributed by atoms with van der Waals surface area (Å²) in [6.07, 6.45) is 1.74. The number of hydrogen-bond acceptors (Lipinski definition) is 2. The van der Waals surface area contributed by atoms with Gasteiger partial charge in [-0.25, -0.2) is 0 Å². The van der Waals surface area contributed by atoms with Gasteiger partial charge in [0.25, 0.3) is 0 Å². The van der Waals surface area contributed by atoms with Crippen molar-refractivity contribution in [1.29, 1.82) is 5.26 Å². The van der Waals surface area contributed by atoms with Gasteiger partial charge in [-0.1, -0.05) is 0 Å². The molecule has 10 heavy (non-hydrogen) atoms. The summed E-state index contributed by atoms with van der Waals surface area (Å²) in [6, 6.07) is 2.02. The monoisotopic (exact) mass is 135 g/mol. The molecule has 0 fully saturated rings. The quantitative estimate of drug-likeness (QED) is 0.532. The van der Waals surface area contributed by atoms with Crippen molar-refractivity contribution in [3.05, 3.63) is 23.0 Å². The predicted molar refractivity (Wildman–Crippen MR) is 38.8 cm³/mol. The van der Waals surface area contributed by atoms with E-state index in [2.05, 4.69) is 0 Å². The molecule has 0 amide bonds. The van der Waals surface area contributed by atoms with Gasteiger partial charge < -0.3 is 5.84 Å². The van der Waals surface area contributed by atoms with Crippen LogP contribution in [0.2, 0.25) is 0 Å². The third-order valence-electron chi connectivity index (χ3n) is 1.64. The van der Waals surface area contributed by atoms with Gasteiger partial charge in [0.1, 0.15) is 11.8 Å². The van der Waals surface area contributed by atoms with Crippen LogP contribution >= 0.6 is 0 Å². The maximum absolute atomic E-state index is 8.56. The van der Waals surface area contributed by atoms with Crippen LogP contribution in [0, 0.1) is 25.2 Å². The van der Waals surface area contributed by atoms with Crippen LogP contribution in [0.25, 0.3) is 0 Å². The van der Waals surface area contributed by atoms with Crippen molar-refractivity contribution in [2.24, 2.45) is 0 Å². The molecule has 1 heterocycles. The minimum atomic E-state index is 0.539. The lowest BCUT2D eigenvalue weighted by atomic mass is 10.2. The minimum absolute atomic E-state index is 0.539. The van der Waals surface area contributed by atoms with Gasteiger partial charge in [-0.15, -0.1) is 0 Å². The molecule has 0 aliphatic carbocycles. The van der Waals surface area contributed by atoms with Crippen molar-refractivity contribution < 1.29 is 0 Å². The predicted octanol–water partition coefficient (Wildman–Crippen LogP) is 0.690. The summed E-state index contributed by atoms with van der Waals surface area (Å²) in [6.45, 7) is 3.82. The topological polar surface area (TPSA) is 54.7 Å². The van der Waals surface area contributed by atoms with Crippen LogP contribution in [-0.2, 0) is 0 Å². The first-order valence-corrected chi connectivity index (χ1v) is 3.00. The molecule has 1 rings (SSSR count). The van der Waals surface area contributed by atoms with Gasteiger partial charge >= 0.3 is 0 Å². The molecule has 0 bridgehead atoms. The Morgan fingerprint density at radius 2 is 2.20 bits per heavy atom. The Morgan fingerprint density at radius 1 is 1.60 bits per heavy atom. The minimum Gasteiger partial charge on any atom is -0.338 e. The molecular formula is C7H9N3. The van der Waals surface area contributed by atoms with E-state index in [0.29, 0.717) is 5.69 Å². The van der Waals surface area contributed by atoms with Gasteiger partial charge in [0.15, 0.2) is 0 Å². The number of hydrogen-bond donors (Lipinski definition) is 1. The van der Waals surface area contributed by atoms with Crippen molar-refractivity contribution in [2.45, 2.75) is 13.8 Å². The first-order valence-electron chi connectivity index (χ1n) is 3.00. The zero-order valence-corrected chi connectivity index (χ0v) is 6.05. The lowest BCUT2D eigenvalue weighted by Crippen LogP contribution is -2.08. The Balaban J connectivity index is 3.37. The molecule has 0 spiro atoms. The molecule has 0 aromatic carbocycles. The Hall–Kier alpha value is -1.43. The summed E-state index contributed by atoms with van der Waals surface area (Å²) < 4.78 is 1.35. The van der Waals surface area contributed by atoms with E-state index in [0.717, 1.165) is 11.1 Å². The van der Waals surface area contributed by atoms with E-state index in [-0.39, 0.29) is 0 Å². The SMILES string of the molecule is Cc1cn(N)c(C#N)c1C. The van der Waals surface area contributed by atoms with E-state index < -0.39 is 0 Å². The van der Waals surface area contributed by atoms with Crippen LogP contribution in [0.5, 0.6) is 0 Å². The molecule has 2 N–H and O–H groups in total. The molecule has 1 aromatic heterocycles. The Bertz CT molecular complexity index is 291. The van der Waals surface area contributed by atoms with Crippen molar-refractivity contribution in [3.8, 4) is 6.07 Å². The average Bonchev–Trinajstić information content (AvgIpc) is 2.09. The summed E-state index contributed by atoms with van der Waals surface area (Å²) >= 11 is 0. The van der Waals surface area contributed by atoms with E-state index in [9.17, 15) is 0 Å². The van der Waals surface area contributed by atoms with Gasteiger partial charge in [0, 0.05) is 6.20 Å². The summed E-state index contributed by atoms with van der Waals surface area (Å²) in [7, 11) is 0. The fraction of sp³-hybridized carbons (Fsp3) is 0.286. The molecule has 0 radical (unpaired) electrons. The Kier molecular flexibility index (Phi) is 1.38. The lowest BCUT2D eigenvalue weighted by molar-refractivity contribution is 0.986. The first-order chi connectivity index (χ1) is 4.66. The third-order valence-corrected chi connectivity index (χ3v) is 1.64. The maximum atomic E-state index is 8.56. The third kappa shape index (κ3) is 0.742. The van der Waals surface area contributed by atoms with Crippen molar-refractivity contribution in [2.75, 3.05) is 5.84 Å². The summed E-state index contributed by atoms with van der Waals surface area (Å²) in [4.78, 5) is 0. The standard InChI is InChI=1S/C7H9N3/c1-5-4-10(9)7(3-8)6(5)2/h4H,9H2,1-2H3. The summed E-state index contributed by atoms with van der Waals surface area (Å²) in [5.74, 6) is 5.45. The number of nitrogens with two attached hydrogens (primary N) is 1. The molecule has 0 unspecified atom stereocenters. The zero-order chi connectivity index (χ0) is 7.72. The van der Waals surface area contributed by atoms with E-state index in [4.69, 9.17) is 11.1 Å². The van der Waals surface area contributed by atoms with Crippen LogP contribution in [0.4, 0.5) is 0 Å². The van der Waals surface area contributed by atoms with Crippen molar-refractivity contribution >= 4 is 0 Å². The van der Waals surface area contributed by atoms with Crippen molar-refractivity contribution in [1.82, 2.24) is 4.68 Å². The molecule has 52 valence electrons. The van der Waals surface area contributed by atoms with Crippen LogP contribution in [-0.4, -0.2) is 4.68 Å². The van der Waals surface area contributed by atoms with Gasteiger partial charge in [0.2, 0.25) is 0 Å². The van der Waals surface area contributed by atoms with Gasteiger partial charge in [-0.2, -0.15) is 5.26 Å². The van der Waals surface area contributed by atoms with Gasteiger partial charge in [0.05, 0.1) is 0 Å². The number of nitriles is 1. The largest absolute Gasteiger partial charge is 0.338 e. The molecule has 0 saturated heterocycles. The van der Waals surface area contributed by atoms with E-state index >= 15 is 0 Å². The van der Waals surface area contributed by atoms with E-state index in [1.165, 1.54) is 4.68 Å². The highest BCUT2D eigenvalue weighted by Crippen LogP contribution is 2.11. The smallest absolute Gasteiger partial charge is 0.142 e. The second-order valence-electron chi connectivity index (χ2n) is 2.30. The number of rotatable bonds is 0. The fourth-order valence-electron chi connectivity index (χ4n) is 0.892. The van der Waals surface area contributed by atoms with Gasteiger partial charge in [-0.3, -0.25) is 4.68 Å². The molecule has 0 saturated carbocycles. The zero-order valence-electron chi connectivity index (χ0n) is 6.05. The Labute approximate surface area is 59.6 Å².